The second kappa shape index (κ2) is 4.04. The highest BCUT2D eigenvalue weighted by atomic mass is 19.3. The lowest BCUT2D eigenvalue weighted by Crippen LogP contribution is -2.58. The molecule has 1 aliphatic carbocycles. The predicted molar refractivity (Wildman–Crippen MR) is 49.8 cm³/mol. The first-order chi connectivity index (χ1) is 6.86. The van der Waals surface area contributed by atoms with Crippen LogP contribution in [0.5, 0.6) is 0 Å². The lowest BCUT2D eigenvalue weighted by molar-refractivity contribution is -0.231. The van der Waals surface area contributed by atoms with Gasteiger partial charge in [0.1, 0.15) is 5.60 Å². The van der Waals surface area contributed by atoms with Gasteiger partial charge in [0.05, 0.1) is 0 Å². The Bertz CT molecular complexity index is 255. The minimum atomic E-state index is -4.05. The number of halogens is 2. The van der Waals surface area contributed by atoms with Gasteiger partial charge >= 0.3 is 11.9 Å². The molecule has 15 heavy (non-hydrogen) atoms. The van der Waals surface area contributed by atoms with Gasteiger partial charge in [0.15, 0.2) is 0 Å². The first kappa shape index (κ1) is 12.4. The summed E-state index contributed by atoms with van der Waals surface area (Å²) in [5.74, 6) is -6.91. The zero-order chi connectivity index (χ0) is 11.7. The van der Waals surface area contributed by atoms with Gasteiger partial charge < -0.3 is 10.2 Å². The molecule has 0 heterocycles. The Labute approximate surface area is 87.1 Å². The second-order valence-electron chi connectivity index (χ2n) is 4.15. The highest BCUT2D eigenvalue weighted by Crippen LogP contribution is 2.45. The molecular formula is C10H16F2O3. The molecule has 0 aromatic heterocycles. The lowest BCUT2D eigenvalue weighted by Gasteiger charge is -2.42. The third kappa shape index (κ3) is 1.85. The smallest absolute Gasteiger partial charge is 0.377 e. The number of carboxylic acid groups (broad SMARTS) is 1. The summed E-state index contributed by atoms with van der Waals surface area (Å²) >= 11 is 0. The molecule has 1 fully saturated rings. The maximum atomic E-state index is 13.4. The summed E-state index contributed by atoms with van der Waals surface area (Å²) in [6.07, 6.45) is 1.94. The van der Waals surface area contributed by atoms with Crippen LogP contribution in [0.4, 0.5) is 8.78 Å². The molecule has 2 unspecified atom stereocenters. The predicted octanol–water partition coefficient (Wildman–Crippen LogP) is 2.04. The Morgan fingerprint density at radius 3 is 2.60 bits per heavy atom. The van der Waals surface area contributed by atoms with Crippen molar-refractivity contribution in [2.24, 2.45) is 5.92 Å². The number of hydrogen-bond acceptors (Lipinski definition) is 2. The first-order valence-electron chi connectivity index (χ1n) is 5.20. The van der Waals surface area contributed by atoms with Crippen LogP contribution < -0.4 is 0 Å². The van der Waals surface area contributed by atoms with Crippen molar-refractivity contribution in [1.82, 2.24) is 0 Å². The average Bonchev–Trinajstić information content (AvgIpc) is 2.18. The molecule has 0 aromatic rings. The van der Waals surface area contributed by atoms with Gasteiger partial charge in [-0.05, 0) is 18.8 Å². The Morgan fingerprint density at radius 1 is 1.53 bits per heavy atom. The summed E-state index contributed by atoms with van der Waals surface area (Å²) in [5, 5.41) is 18.4. The van der Waals surface area contributed by atoms with Crippen molar-refractivity contribution in [3.8, 4) is 0 Å². The van der Waals surface area contributed by atoms with Crippen LogP contribution >= 0.6 is 0 Å². The van der Waals surface area contributed by atoms with Crippen molar-refractivity contribution in [2.75, 3.05) is 0 Å². The van der Waals surface area contributed by atoms with Crippen LogP contribution in [0, 0.1) is 5.92 Å². The van der Waals surface area contributed by atoms with Crippen LogP contribution in [0.25, 0.3) is 0 Å². The van der Waals surface area contributed by atoms with Gasteiger partial charge in [0.2, 0.25) is 0 Å². The molecule has 0 bridgehead atoms. The second-order valence-corrected chi connectivity index (χ2v) is 4.15. The van der Waals surface area contributed by atoms with Gasteiger partial charge in [-0.15, -0.1) is 0 Å². The van der Waals surface area contributed by atoms with Gasteiger partial charge in [0, 0.05) is 0 Å². The highest BCUT2D eigenvalue weighted by Gasteiger charge is 2.62. The molecule has 0 radical (unpaired) electrons. The van der Waals surface area contributed by atoms with E-state index < -0.39 is 23.4 Å². The van der Waals surface area contributed by atoms with E-state index in [2.05, 4.69) is 0 Å². The van der Waals surface area contributed by atoms with Crippen molar-refractivity contribution in [1.29, 1.82) is 0 Å². The number of hydrogen-bond donors (Lipinski definition) is 2. The molecule has 88 valence electrons. The fourth-order valence-electron chi connectivity index (χ4n) is 2.37. The monoisotopic (exact) mass is 222 g/mol. The molecule has 1 rings (SSSR count). The largest absolute Gasteiger partial charge is 0.477 e. The third-order valence-electron chi connectivity index (χ3n) is 3.34. The first-order valence-corrected chi connectivity index (χ1v) is 5.20. The van der Waals surface area contributed by atoms with Crippen LogP contribution in [0.1, 0.15) is 39.0 Å². The van der Waals surface area contributed by atoms with E-state index in [1.165, 1.54) is 0 Å². The van der Waals surface area contributed by atoms with Crippen molar-refractivity contribution in [3.63, 3.8) is 0 Å². The summed E-state index contributed by atoms with van der Waals surface area (Å²) in [6, 6.07) is 0. The van der Waals surface area contributed by atoms with Crippen molar-refractivity contribution in [2.45, 2.75) is 50.6 Å². The number of carbonyl (C=O) groups is 1. The van der Waals surface area contributed by atoms with Gasteiger partial charge in [-0.1, -0.05) is 26.2 Å². The Kier molecular flexibility index (Phi) is 3.33. The molecule has 2 N–H and O–H groups in total. The lowest BCUT2D eigenvalue weighted by atomic mass is 9.70. The van der Waals surface area contributed by atoms with E-state index in [4.69, 9.17) is 5.11 Å². The van der Waals surface area contributed by atoms with E-state index in [1.54, 1.807) is 6.92 Å². The summed E-state index contributed by atoms with van der Waals surface area (Å²) in [7, 11) is 0. The van der Waals surface area contributed by atoms with Gasteiger partial charge in [-0.3, -0.25) is 0 Å². The van der Waals surface area contributed by atoms with E-state index in [0.717, 1.165) is 6.42 Å². The molecule has 0 aromatic carbocycles. The van der Waals surface area contributed by atoms with E-state index >= 15 is 0 Å². The molecule has 0 saturated heterocycles. The molecule has 1 saturated carbocycles. The van der Waals surface area contributed by atoms with Crippen molar-refractivity contribution >= 4 is 5.97 Å². The standard InChI is InChI=1S/C10H16F2O3/c1-2-7-5-3-4-6-9(7,15)10(11,12)8(13)14/h7,15H,2-6H2,1H3,(H,13,14). The van der Waals surface area contributed by atoms with E-state index in [-0.39, 0.29) is 6.42 Å². The SMILES string of the molecule is CCC1CCCCC1(O)C(F)(F)C(=O)O. The number of aliphatic hydroxyl groups is 1. The Balaban J connectivity index is 3.00. The fraction of sp³-hybridized carbons (Fsp3) is 0.900. The van der Waals surface area contributed by atoms with E-state index in [1.807, 2.05) is 0 Å². The Morgan fingerprint density at radius 2 is 2.13 bits per heavy atom. The summed E-state index contributed by atoms with van der Waals surface area (Å²) < 4.78 is 26.8. The summed E-state index contributed by atoms with van der Waals surface area (Å²) in [5.41, 5.74) is -2.37. The summed E-state index contributed by atoms with van der Waals surface area (Å²) in [4.78, 5) is 10.5. The number of alkyl halides is 2. The number of aliphatic carboxylic acids is 1. The number of rotatable bonds is 3. The quantitative estimate of drug-likeness (QED) is 0.768. The maximum absolute atomic E-state index is 13.4. The van der Waals surface area contributed by atoms with E-state index in [0.29, 0.717) is 19.3 Å². The van der Waals surface area contributed by atoms with E-state index in [9.17, 15) is 18.7 Å². The minimum absolute atomic E-state index is 0.134. The molecular weight excluding hydrogens is 206 g/mol. The highest BCUT2D eigenvalue weighted by molar-refractivity contribution is 5.77. The zero-order valence-corrected chi connectivity index (χ0v) is 8.67. The molecule has 0 spiro atoms. The van der Waals surface area contributed by atoms with Crippen LogP contribution in [-0.2, 0) is 4.79 Å². The van der Waals surface area contributed by atoms with Gasteiger partial charge in [0.25, 0.3) is 0 Å². The molecule has 0 aliphatic heterocycles. The molecule has 5 heteroatoms. The maximum Gasteiger partial charge on any atom is 0.377 e. The van der Waals surface area contributed by atoms with Crippen LogP contribution in [0.15, 0.2) is 0 Å². The van der Waals surface area contributed by atoms with Crippen LogP contribution in [-0.4, -0.2) is 27.7 Å². The van der Waals surface area contributed by atoms with Crippen molar-refractivity contribution < 1.29 is 23.8 Å². The fourth-order valence-corrected chi connectivity index (χ4v) is 2.37. The third-order valence-corrected chi connectivity index (χ3v) is 3.34. The normalized spacial score (nSPS) is 32.7. The zero-order valence-electron chi connectivity index (χ0n) is 8.67. The van der Waals surface area contributed by atoms with Crippen LogP contribution in [0.3, 0.4) is 0 Å². The summed E-state index contributed by atoms with van der Waals surface area (Å²) in [6.45, 7) is 1.69. The topological polar surface area (TPSA) is 57.5 Å². The molecule has 2 atom stereocenters. The van der Waals surface area contributed by atoms with Gasteiger partial charge in [-0.25, -0.2) is 4.79 Å². The van der Waals surface area contributed by atoms with Gasteiger partial charge in [-0.2, -0.15) is 8.78 Å². The van der Waals surface area contributed by atoms with Crippen LogP contribution in [0.2, 0.25) is 0 Å². The average molecular weight is 222 g/mol. The molecule has 1 aliphatic rings. The Hall–Kier alpha value is -0.710. The minimum Gasteiger partial charge on any atom is -0.477 e. The van der Waals surface area contributed by atoms with Crippen molar-refractivity contribution in [3.05, 3.63) is 0 Å². The number of carboxylic acids is 1. The molecule has 0 amide bonds. The molecule has 3 nitrogen and oxygen atoms in total.